The second-order valence-corrected chi connectivity index (χ2v) is 9.29. The van der Waals surface area contributed by atoms with E-state index < -0.39 is 0 Å². The lowest BCUT2D eigenvalue weighted by atomic mass is 9.98. The maximum atomic E-state index is 6.42. The highest BCUT2D eigenvalue weighted by atomic mass is 79.9. The molecule has 2 aliphatic rings. The molecule has 0 aliphatic carbocycles. The zero-order valence-corrected chi connectivity index (χ0v) is 17.9. The smallest absolute Gasteiger partial charge is 0.213 e. The highest BCUT2D eigenvalue weighted by Crippen LogP contribution is 2.48. The molecule has 2 aliphatic heterocycles. The minimum Gasteiger partial charge on any atom is -0.464 e. The average molecular weight is 457 g/mol. The first-order chi connectivity index (χ1) is 13.2. The summed E-state index contributed by atoms with van der Waals surface area (Å²) in [5, 5.41) is 9.24. The van der Waals surface area contributed by atoms with Crippen LogP contribution in [-0.2, 0) is 0 Å². The lowest BCUT2D eigenvalue weighted by Gasteiger charge is -2.38. The van der Waals surface area contributed by atoms with Crippen molar-refractivity contribution < 1.29 is 4.74 Å². The van der Waals surface area contributed by atoms with E-state index in [2.05, 4.69) is 81.1 Å². The molecule has 5 rings (SSSR count). The Morgan fingerprint density at radius 3 is 2.78 bits per heavy atom. The zero-order chi connectivity index (χ0) is 18.4. The van der Waals surface area contributed by atoms with Crippen LogP contribution in [0.15, 0.2) is 74.4 Å². The van der Waals surface area contributed by atoms with E-state index in [9.17, 15) is 0 Å². The molecule has 2 aromatic carbocycles. The second-order valence-electron chi connectivity index (χ2n) is 6.55. The minimum atomic E-state index is -0.211. The summed E-state index contributed by atoms with van der Waals surface area (Å²) in [6.45, 7) is 0. The minimum absolute atomic E-state index is 0.188. The van der Waals surface area contributed by atoms with Gasteiger partial charge in [-0.2, -0.15) is 5.10 Å². The van der Waals surface area contributed by atoms with Crippen molar-refractivity contribution in [2.24, 2.45) is 5.10 Å². The van der Waals surface area contributed by atoms with Crippen molar-refractivity contribution in [2.45, 2.75) is 23.6 Å². The van der Waals surface area contributed by atoms with E-state index in [0.29, 0.717) is 0 Å². The number of hydrogen-bond donors (Lipinski definition) is 0. The van der Waals surface area contributed by atoms with Crippen LogP contribution in [0.3, 0.4) is 0 Å². The van der Waals surface area contributed by atoms with E-state index in [1.54, 1.807) is 23.1 Å². The molecule has 136 valence electrons. The van der Waals surface area contributed by atoms with Crippen molar-refractivity contribution >= 4 is 44.7 Å². The van der Waals surface area contributed by atoms with E-state index in [1.807, 2.05) is 6.07 Å². The van der Waals surface area contributed by atoms with Gasteiger partial charge in [0.25, 0.3) is 0 Å². The first-order valence-electron chi connectivity index (χ1n) is 8.72. The number of nitrogens with zero attached hydrogens (tertiary/aromatic N) is 2. The van der Waals surface area contributed by atoms with Crippen LogP contribution in [-0.4, -0.2) is 17.0 Å². The number of hydrogen-bond acceptors (Lipinski definition) is 5. The molecule has 0 fully saturated rings. The molecule has 0 saturated heterocycles. The molecule has 0 bridgehead atoms. The highest BCUT2D eigenvalue weighted by molar-refractivity contribution is 9.10. The van der Waals surface area contributed by atoms with Crippen molar-refractivity contribution in [3.8, 4) is 5.75 Å². The third kappa shape index (κ3) is 3.10. The molecule has 0 spiro atoms. The van der Waals surface area contributed by atoms with Crippen molar-refractivity contribution in [3.05, 3.63) is 80.5 Å². The summed E-state index contributed by atoms with van der Waals surface area (Å²) in [7, 11) is 0. The number of benzene rings is 2. The summed E-state index contributed by atoms with van der Waals surface area (Å²) in [5.74, 6) is 0.945. The van der Waals surface area contributed by atoms with Crippen LogP contribution in [0.25, 0.3) is 0 Å². The Hall–Kier alpha value is -1.76. The zero-order valence-electron chi connectivity index (χ0n) is 14.6. The predicted molar refractivity (Wildman–Crippen MR) is 116 cm³/mol. The number of thiophene rings is 1. The molecule has 1 aromatic heterocycles. The summed E-state index contributed by atoms with van der Waals surface area (Å²) in [4.78, 5) is 2.48. The normalized spacial score (nSPS) is 20.7. The molecular weight excluding hydrogens is 440 g/mol. The van der Waals surface area contributed by atoms with E-state index in [1.165, 1.54) is 15.3 Å². The highest BCUT2D eigenvalue weighted by Gasteiger charge is 2.41. The monoisotopic (exact) mass is 456 g/mol. The van der Waals surface area contributed by atoms with Gasteiger partial charge in [-0.15, -0.1) is 23.1 Å². The van der Waals surface area contributed by atoms with Crippen LogP contribution in [0.1, 0.15) is 34.7 Å². The van der Waals surface area contributed by atoms with Gasteiger partial charge in [-0.3, -0.25) is 0 Å². The van der Waals surface area contributed by atoms with Crippen molar-refractivity contribution in [2.75, 3.05) is 6.26 Å². The van der Waals surface area contributed by atoms with Gasteiger partial charge in [-0.05, 0) is 48.0 Å². The fraction of sp³-hybridized carbons (Fsp3) is 0.190. The third-order valence-electron chi connectivity index (χ3n) is 4.96. The van der Waals surface area contributed by atoms with E-state index in [0.717, 1.165) is 27.9 Å². The summed E-state index contributed by atoms with van der Waals surface area (Å²) in [5.41, 5.74) is 3.45. The number of ether oxygens (including phenoxy) is 1. The molecular formula is C21H17BrN2OS2. The Labute approximate surface area is 175 Å². The quantitative estimate of drug-likeness (QED) is 0.421. The Morgan fingerprint density at radius 2 is 2.04 bits per heavy atom. The van der Waals surface area contributed by atoms with Crippen LogP contribution in [0.5, 0.6) is 5.75 Å². The van der Waals surface area contributed by atoms with Crippen molar-refractivity contribution in [1.82, 2.24) is 5.01 Å². The Balaban J connectivity index is 1.59. The van der Waals surface area contributed by atoms with E-state index >= 15 is 0 Å². The largest absolute Gasteiger partial charge is 0.464 e. The Kier molecular flexibility index (Phi) is 4.50. The molecule has 27 heavy (non-hydrogen) atoms. The number of hydrazone groups is 1. The molecule has 6 heteroatoms. The molecule has 3 heterocycles. The van der Waals surface area contributed by atoms with E-state index in [4.69, 9.17) is 9.84 Å². The lowest BCUT2D eigenvalue weighted by Crippen LogP contribution is -2.33. The maximum Gasteiger partial charge on any atom is 0.213 e. The van der Waals surface area contributed by atoms with Crippen LogP contribution in [0.4, 0.5) is 0 Å². The van der Waals surface area contributed by atoms with Gasteiger partial charge in [-0.1, -0.05) is 34.1 Å². The number of rotatable bonds is 3. The van der Waals surface area contributed by atoms with Crippen molar-refractivity contribution in [3.63, 3.8) is 0 Å². The van der Waals surface area contributed by atoms with Crippen LogP contribution >= 0.6 is 39.0 Å². The van der Waals surface area contributed by atoms with Gasteiger partial charge in [0, 0.05) is 26.9 Å². The topological polar surface area (TPSA) is 24.8 Å². The Bertz CT molecular complexity index is 1000. The molecule has 3 nitrogen and oxygen atoms in total. The van der Waals surface area contributed by atoms with Crippen LogP contribution in [0.2, 0.25) is 0 Å². The predicted octanol–water partition coefficient (Wildman–Crippen LogP) is 6.47. The van der Waals surface area contributed by atoms with Gasteiger partial charge in [0.15, 0.2) is 0 Å². The molecule has 0 radical (unpaired) electrons. The van der Waals surface area contributed by atoms with Crippen molar-refractivity contribution in [1.29, 1.82) is 0 Å². The summed E-state index contributed by atoms with van der Waals surface area (Å²) >= 11 is 7.09. The fourth-order valence-electron chi connectivity index (χ4n) is 3.64. The lowest BCUT2D eigenvalue weighted by molar-refractivity contribution is -0.0191. The Morgan fingerprint density at radius 1 is 1.19 bits per heavy atom. The van der Waals surface area contributed by atoms with Crippen LogP contribution in [0, 0.1) is 0 Å². The summed E-state index contributed by atoms with van der Waals surface area (Å²) in [6.07, 6.45) is 2.78. The maximum absolute atomic E-state index is 6.42. The first kappa shape index (κ1) is 17.3. The second kappa shape index (κ2) is 7.00. The molecule has 3 aromatic rings. The molecule has 0 N–H and O–H groups in total. The van der Waals surface area contributed by atoms with Gasteiger partial charge in [0.1, 0.15) is 5.75 Å². The first-order valence-corrected chi connectivity index (χ1v) is 11.6. The molecule has 0 amide bonds. The summed E-state index contributed by atoms with van der Waals surface area (Å²) in [6, 6.07) is 19.3. The van der Waals surface area contributed by atoms with Gasteiger partial charge in [0.05, 0.1) is 16.6 Å². The number of halogens is 1. The number of fused-ring (bicyclic) bond motifs is 3. The van der Waals surface area contributed by atoms with Gasteiger partial charge >= 0.3 is 0 Å². The standard InChI is InChI=1S/C21H17BrN2OS2/c1-26-15-7-4-13(5-8-15)21-24-18(12-17(23-24)20-3-2-10-27-20)16-11-14(22)6-9-19(16)25-21/h2-11,18,21H,12H2,1H3/t18-,21+/m1/s1. The fourth-order valence-corrected chi connectivity index (χ4v) is 5.15. The molecule has 2 atom stereocenters. The number of thioether (sulfide) groups is 1. The molecule has 0 saturated carbocycles. The van der Waals surface area contributed by atoms with Crippen LogP contribution < -0.4 is 4.74 Å². The summed E-state index contributed by atoms with van der Waals surface area (Å²) < 4.78 is 7.49. The van der Waals surface area contributed by atoms with Gasteiger partial charge in [-0.25, -0.2) is 5.01 Å². The SMILES string of the molecule is CSc1ccc([C@@H]2Oc3ccc(Br)cc3[C@H]3CC(c4cccs4)=NN32)cc1. The van der Waals surface area contributed by atoms with Gasteiger partial charge < -0.3 is 4.74 Å². The van der Waals surface area contributed by atoms with E-state index in [-0.39, 0.29) is 12.3 Å². The average Bonchev–Trinajstić information content (AvgIpc) is 3.37. The van der Waals surface area contributed by atoms with Gasteiger partial charge in [0.2, 0.25) is 6.23 Å². The third-order valence-corrected chi connectivity index (χ3v) is 7.11. The molecule has 0 unspecified atom stereocenters.